The Hall–Kier alpha value is -0.170. The quantitative estimate of drug-likeness (QED) is 0.260. The van der Waals surface area contributed by atoms with Crippen LogP contribution in [0.15, 0.2) is 4.99 Å². The molecule has 1 aliphatic heterocycles. The first kappa shape index (κ1) is 25.9. The highest BCUT2D eigenvalue weighted by Gasteiger charge is 2.42. The van der Waals surface area contributed by atoms with E-state index in [1.807, 2.05) is 13.8 Å². The summed E-state index contributed by atoms with van der Waals surface area (Å²) >= 11 is 0. The fraction of sp³-hybridized carbons (Fsp3) is 0.944. The minimum atomic E-state index is -3.26. The molecule has 0 atom stereocenters. The molecule has 0 radical (unpaired) electrons. The lowest BCUT2D eigenvalue weighted by atomic mass is 10.0. The average Bonchev–Trinajstić information content (AvgIpc) is 3.40. The number of ether oxygens (including phenoxy) is 2. The van der Waals surface area contributed by atoms with Crippen LogP contribution in [0.4, 0.5) is 0 Å². The van der Waals surface area contributed by atoms with Gasteiger partial charge >= 0.3 is 0 Å². The van der Waals surface area contributed by atoms with E-state index in [1.165, 1.54) is 12.8 Å². The highest BCUT2D eigenvalue weighted by atomic mass is 127. The van der Waals surface area contributed by atoms with Crippen molar-refractivity contribution in [2.45, 2.75) is 39.2 Å². The zero-order valence-electron chi connectivity index (χ0n) is 17.6. The van der Waals surface area contributed by atoms with Gasteiger partial charge < -0.3 is 19.7 Å². The predicted molar refractivity (Wildman–Crippen MR) is 123 cm³/mol. The number of nitrogens with one attached hydrogen (secondary N) is 1. The number of methoxy groups -OCH3 is 1. The van der Waals surface area contributed by atoms with Crippen molar-refractivity contribution < 1.29 is 17.9 Å². The summed E-state index contributed by atoms with van der Waals surface area (Å²) < 4.78 is 37.1. The van der Waals surface area contributed by atoms with E-state index in [0.29, 0.717) is 31.6 Å². The van der Waals surface area contributed by atoms with E-state index in [0.717, 1.165) is 25.5 Å². The van der Waals surface area contributed by atoms with Gasteiger partial charge in [0.2, 0.25) is 10.0 Å². The fourth-order valence-electron chi connectivity index (χ4n) is 3.31. The summed E-state index contributed by atoms with van der Waals surface area (Å²) in [5.41, 5.74) is 0.341. The number of hydrogen-bond donors (Lipinski definition) is 1. The molecule has 0 unspecified atom stereocenters. The van der Waals surface area contributed by atoms with Crippen LogP contribution >= 0.6 is 24.0 Å². The summed E-state index contributed by atoms with van der Waals surface area (Å²) in [4.78, 5) is 6.53. The molecule has 1 saturated carbocycles. The molecule has 0 spiro atoms. The van der Waals surface area contributed by atoms with Gasteiger partial charge in [-0.3, -0.25) is 4.99 Å². The average molecular weight is 532 g/mol. The zero-order valence-corrected chi connectivity index (χ0v) is 20.8. The first-order valence-electron chi connectivity index (χ1n) is 9.86. The third-order valence-electron chi connectivity index (χ3n) is 5.35. The first-order chi connectivity index (χ1) is 12.8. The van der Waals surface area contributed by atoms with Gasteiger partial charge in [0.15, 0.2) is 5.96 Å². The molecule has 0 amide bonds. The van der Waals surface area contributed by atoms with Crippen LogP contribution in [0.1, 0.15) is 33.1 Å². The lowest BCUT2D eigenvalue weighted by Gasteiger charge is -2.36. The molecule has 1 N–H and O–H groups in total. The van der Waals surface area contributed by atoms with Gasteiger partial charge in [0.1, 0.15) is 0 Å². The maximum absolute atomic E-state index is 12.4. The third kappa shape index (κ3) is 7.92. The molecule has 2 fully saturated rings. The Morgan fingerprint density at radius 2 is 1.82 bits per heavy atom. The fourth-order valence-corrected chi connectivity index (χ4v) is 4.59. The summed E-state index contributed by atoms with van der Waals surface area (Å²) in [5, 5.41) is 3.48. The van der Waals surface area contributed by atoms with Gasteiger partial charge in [0.25, 0.3) is 0 Å². The molecule has 1 aliphatic carbocycles. The minimum absolute atomic E-state index is 0. The number of guanidine groups is 1. The molecule has 2 rings (SSSR count). The Bertz CT molecular complexity index is 588. The van der Waals surface area contributed by atoms with E-state index in [4.69, 9.17) is 9.47 Å². The van der Waals surface area contributed by atoms with Crippen LogP contribution in [0.3, 0.4) is 0 Å². The van der Waals surface area contributed by atoms with E-state index in [1.54, 1.807) is 18.5 Å². The van der Waals surface area contributed by atoms with E-state index < -0.39 is 10.0 Å². The maximum Gasteiger partial charge on any atom is 0.216 e. The number of sulfonamides is 1. The van der Waals surface area contributed by atoms with Crippen molar-refractivity contribution in [2.75, 3.05) is 65.8 Å². The number of rotatable bonds is 10. The monoisotopic (exact) mass is 532 g/mol. The summed E-state index contributed by atoms with van der Waals surface area (Å²) in [5.74, 6) is 0.902. The molecule has 1 heterocycles. The van der Waals surface area contributed by atoms with Gasteiger partial charge in [-0.05, 0) is 38.5 Å². The van der Waals surface area contributed by atoms with E-state index in [9.17, 15) is 8.42 Å². The van der Waals surface area contributed by atoms with Gasteiger partial charge in [-0.15, -0.1) is 24.0 Å². The highest BCUT2D eigenvalue weighted by molar-refractivity contribution is 14.0. The molecule has 28 heavy (non-hydrogen) atoms. The number of nitrogens with zero attached hydrogens (tertiary/aromatic N) is 3. The summed E-state index contributed by atoms with van der Waals surface area (Å²) in [6.45, 7) is 8.01. The molecule has 0 aromatic rings. The van der Waals surface area contributed by atoms with E-state index >= 15 is 0 Å². The van der Waals surface area contributed by atoms with Crippen molar-refractivity contribution in [3.05, 3.63) is 0 Å². The zero-order chi connectivity index (χ0) is 19.9. The van der Waals surface area contributed by atoms with Crippen LogP contribution in [0, 0.1) is 5.41 Å². The van der Waals surface area contributed by atoms with Crippen molar-refractivity contribution >= 4 is 40.0 Å². The number of hydrogen-bond acceptors (Lipinski definition) is 5. The maximum atomic E-state index is 12.4. The molecule has 166 valence electrons. The molecule has 8 nitrogen and oxygen atoms in total. The van der Waals surface area contributed by atoms with E-state index in [-0.39, 0.29) is 42.4 Å². The summed E-state index contributed by atoms with van der Waals surface area (Å²) in [6.07, 6.45) is 3.57. The van der Waals surface area contributed by atoms with Gasteiger partial charge in [-0.25, -0.2) is 8.42 Å². The van der Waals surface area contributed by atoms with Crippen molar-refractivity contribution in [3.8, 4) is 0 Å². The summed E-state index contributed by atoms with van der Waals surface area (Å²) in [7, 11) is 0.259. The largest absolute Gasteiger partial charge is 0.385 e. The van der Waals surface area contributed by atoms with Crippen LogP contribution in [-0.4, -0.2) is 95.5 Å². The van der Waals surface area contributed by atoms with Gasteiger partial charge in [-0.2, -0.15) is 4.31 Å². The van der Waals surface area contributed by atoms with Crippen molar-refractivity contribution in [1.82, 2.24) is 14.5 Å². The van der Waals surface area contributed by atoms with Gasteiger partial charge in [-0.1, -0.05) is 0 Å². The highest BCUT2D eigenvalue weighted by Crippen LogP contribution is 2.48. The molecule has 1 saturated heterocycles. The van der Waals surface area contributed by atoms with E-state index in [2.05, 4.69) is 15.2 Å². The molecule has 0 aromatic carbocycles. The Balaban J connectivity index is 0.00000392. The first-order valence-corrected chi connectivity index (χ1v) is 11.5. The SMILES string of the molecule is CN=C(NCC1(CCOC)CC1)N1CCN(S(=O)(=O)CCOC(C)C)CC1.I. The lowest BCUT2D eigenvalue weighted by Crippen LogP contribution is -2.54. The number of aliphatic imine (C=N–C) groups is 1. The molecule has 0 bridgehead atoms. The van der Waals surface area contributed by atoms with Crippen LogP contribution < -0.4 is 5.32 Å². The van der Waals surface area contributed by atoms with Crippen LogP contribution in [0.2, 0.25) is 0 Å². The molecule has 0 aromatic heterocycles. The van der Waals surface area contributed by atoms with Gasteiger partial charge in [0.05, 0.1) is 18.5 Å². The molecular weight excluding hydrogens is 495 g/mol. The third-order valence-corrected chi connectivity index (χ3v) is 7.19. The molecular formula is C18H37IN4O4S. The Kier molecular flexibility index (Phi) is 11.0. The van der Waals surface area contributed by atoms with Crippen LogP contribution in [0.25, 0.3) is 0 Å². The molecule has 10 heteroatoms. The van der Waals surface area contributed by atoms with Crippen molar-refractivity contribution in [3.63, 3.8) is 0 Å². The van der Waals surface area contributed by atoms with Gasteiger partial charge in [0, 0.05) is 53.5 Å². The number of halogens is 1. The predicted octanol–water partition coefficient (Wildman–Crippen LogP) is 1.37. The second-order valence-electron chi connectivity index (χ2n) is 7.77. The minimum Gasteiger partial charge on any atom is -0.385 e. The topological polar surface area (TPSA) is 83.5 Å². The Labute approximate surface area is 187 Å². The second kappa shape index (κ2) is 11.9. The second-order valence-corrected chi connectivity index (χ2v) is 9.85. The van der Waals surface area contributed by atoms with Crippen LogP contribution in [0.5, 0.6) is 0 Å². The standard InChI is InChI=1S/C18H36N4O4S.HI/c1-16(2)26-13-14-27(23,24)22-10-8-21(9-11-22)17(19-3)20-15-18(5-6-18)7-12-25-4;/h16H,5-15H2,1-4H3,(H,19,20);1H. The normalized spacial score (nSPS) is 20.2. The Morgan fingerprint density at radius 3 is 2.32 bits per heavy atom. The van der Waals surface area contributed by atoms with Crippen molar-refractivity contribution in [1.29, 1.82) is 0 Å². The Morgan fingerprint density at radius 1 is 1.18 bits per heavy atom. The summed E-state index contributed by atoms with van der Waals surface area (Å²) in [6, 6.07) is 0. The number of piperazine rings is 1. The van der Waals surface area contributed by atoms with Crippen molar-refractivity contribution in [2.24, 2.45) is 10.4 Å². The smallest absolute Gasteiger partial charge is 0.216 e. The molecule has 2 aliphatic rings. The van der Waals surface area contributed by atoms with Crippen LogP contribution in [-0.2, 0) is 19.5 Å². The lowest BCUT2D eigenvalue weighted by molar-refractivity contribution is 0.0904.